The van der Waals surface area contributed by atoms with Crippen LogP contribution in [0.3, 0.4) is 0 Å². The molecule has 0 heteroatoms. The van der Waals surface area contributed by atoms with E-state index in [0.29, 0.717) is 27.1 Å². The number of hydrogen-bond donors (Lipinski definition) is 0. The molecule has 20 heavy (non-hydrogen) atoms. The molecule has 1 fully saturated rings. The molecule has 3 atom stereocenters. The van der Waals surface area contributed by atoms with Gasteiger partial charge in [-0.2, -0.15) is 0 Å². The van der Waals surface area contributed by atoms with Crippen molar-refractivity contribution >= 4 is 0 Å². The highest BCUT2D eigenvalue weighted by molar-refractivity contribution is 5.11. The van der Waals surface area contributed by atoms with Crippen molar-refractivity contribution < 1.29 is 0 Å². The summed E-state index contributed by atoms with van der Waals surface area (Å²) in [4.78, 5) is 0. The van der Waals surface area contributed by atoms with Gasteiger partial charge >= 0.3 is 0 Å². The lowest BCUT2D eigenvalue weighted by Crippen LogP contribution is -2.60. The first-order valence-electron chi connectivity index (χ1n) is 8.62. The second kappa shape index (κ2) is 4.75. The fourth-order valence-corrected chi connectivity index (χ4v) is 4.46. The highest BCUT2D eigenvalue weighted by Crippen LogP contribution is 2.70. The van der Waals surface area contributed by atoms with Crippen molar-refractivity contribution in [3.05, 3.63) is 0 Å². The van der Waals surface area contributed by atoms with Gasteiger partial charge in [0.25, 0.3) is 0 Å². The Kier molecular flexibility index (Phi) is 4.29. The van der Waals surface area contributed by atoms with Crippen LogP contribution < -0.4 is 0 Å². The summed E-state index contributed by atoms with van der Waals surface area (Å²) < 4.78 is 0. The summed E-state index contributed by atoms with van der Waals surface area (Å²) in [5, 5.41) is 0. The Morgan fingerprint density at radius 3 is 1.60 bits per heavy atom. The molecule has 0 bridgehead atoms. The quantitative estimate of drug-likeness (QED) is 0.525. The van der Waals surface area contributed by atoms with Crippen molar-refractivity contribution in [2.75, 3.05) is 0 Å². The summed E-state index contributed by atoms with van der Waals surface area (Å²) in [6, 6.07) is 0. The molecule has 120 valence electrons. The molecular formula is C20H40. The van der Waals surface area contributed by atoms with E-state index in [9.17, 15) is 0 Å². The largest absolute Gasteiger partial charge is 0.0648 e. The first-order chi connectivity index (χ1) is 8.62. The molecule has 0 aromatic heterocycles. The predicted octanol–water partition coefficient (Wildman–Crippen LogP) is 6.94. The van der Waals surface area contributed by atoms with Crippen molar-refractivity contribution in [3.8, 4) is 0 Å². The smallest absolute Gasteiger partial charge is 0.0220 e. The van der Waals surface area contributed by atoms with Crippen LogP contribution in [-0.4, -0.2) is 0 Å². The van der Waals surface area contributed by atoms with Crippen LogP contribution in [0.25, 0.3) is 0 Å². The molecule has 0 N–H and O–H groups in total. The van der Waals surface area contributed by atoms with E-state index in [2.05, 4.69) is 76.2 Å². The van der Waals surface area contributed by atoms with Gasteiger partial charge in [0, 0.05) is 0 Å². The third-order valence-electron chi connectivity index (χ3n) is 8.04. The lowest BCUT2D eigenvalue weighted by atomic mass is 9.37. The van der Waals surface area contributed by atoms with Crippen molar-refractivity contribution in [1.82, 2.24) is 0 Å². The van der Waals surface area contributed by atoms with Crippen LogP contribution in [0.15, 0.2) is 0 Å². The van der Waals surface area contributed by atoms with Crippen LogP contribution in [-0.2, 0) is 0 Å². The second-order valence-electron chi connectivity index (χ2n) is 10.6. The minimum atomic E-state index is 0.394. The van der Waals surface area contributed by atoms with Crippen LogP contribution in [0, 0.1) is 33.0 Å². The van der Waals surface area contributed by atoms with Gasteiger partial charge in [-0.25, -0.2) is 0 Å². The van der Waals surface area contributed by atoms with Gasteiger partial charge in [0.1, 0.15) is 0 Å². The van der Waals surface area contributed by atoms with E-state index < -0.39 is 0 Å². The van der Waals surface area contributed by atoms with E-state index in [0.717, 1.165) is 5.92 Å². The van der Waals surface area contributed by atoms with Gasteiger partial charge in [0.15, 0.2) is 0 Å². The molecule has 0 saturated heterocycles. The van der Waals surface area contributed by atoms with E-state index in [4.69, 9.17) is 0 Å². The first kappa shape index (κ1) is 18.1. The molecule has 0 heterocycles. The Labute approximate surface area is 129 Å². The van der Waals surface area contributed by atoms with Gasteiger partial charge < -0.3 is 0 Å². The van der Waals surface area contributed by atoms with E-state index in [-0.39, 0.29) is 0 Å². The van der Waals surface area contributed by atoms with Crippen LogP contribution in [0.4, 0.5) is 0 Å². The average Bonchev–Trinajstić information content (AvgIpc) is 2.24. The Bertz CT molecular complexity index is 349. The van der Waals surface area contributed by atoms with Gasteiger partial charge in [-0.05, 0) is 45.8 Å². The summed E-state index contributed by atoms with van der Waals surface area (Å²) in [5.74, 6) is 0.871. The third-order valence-corrected chi connectivity index (χ3v) is 8.04. The Balaban J connectivity index is 2.95. The zero-order valence-electron chi connectivity index (χ0n) is 16.2. The lowest BCUT2D eigenvalue weighted by molar-refractivity contribution is -0.190. The summed E-state index contributed by atoms with van der Waals surface area (Å²) >= 11 is 0. The molecule has 3 unspecified atom stereocenters. The molecule has 0 spiro atoms. The molecule has 0 amide bonds. The average molecular weight is 281 g/mol. The highest BCUT2D eigenvalue weighted by atomic mass is 14.7. The fraction of sp³-hybridized carbons (Fsp3) is 1.00. The van der Waals surface area contributed by atoms with Gasteiger partial charge in [0.05, 0.1) is 0 Å². The van der Waals surface area contributed by atoms with E-state index >= 15 is 0 Å². The van der Waals surface area contributed by atoms with E-state index in [1.54, 1.807) is 0 Å². The Morgan fingerprint density at radius 1 is 0.900 bits per heavy atom. The minimum absolute atomic E-state index is 0.394. The van der Waals surface area contributed by atoms with E-state index in [1.807, 2.05) is 0 Å². The van der Waals surface area contributed by atoms with Gasteiger partial charge in [-0.1, -0.05) is 82.6 Å². The maximum atomic E-state index is 2.52. The molecule has 1 saturated carbocycles. The lowest BCUT2D eigenvalue weighted by Gasteiger charge is -2.68. The van der Waals surface area contributed by atoms with Gasteiger partial charge in [-0.15, -0.1) is 0 Å². The molecule has 1 aliphatic rings. The number of hydrogen-bond acceptors (Lipinski definition) is 0. The molecule has 0 radical (unpaired) electrons. The van der Waals surface area contributed by atoms with Crippen LogP contribution in [0.2, 0.25) is 0 Å². The molecule has 0 aromatic rings. The normalized spacial score (nSPS) is 33.5. The summed E-state index contributed by atoms with van der Waals surface area (Å²) in [6.45, 7) is 27.0. The number of rotatable bonds is 3. The van der Waals surface area contributed by atoms with Crippen molar-refractivity contribution in [1.29, 1.82) is 0 Å². The molecule has 1 rings (SSSR count). The SMILES string of the molecule is CCC(C)(CC1CC(C)(C(C)(C)C)C1(C)C)C(C)(C)C. The summed E-state index contributed by atoms with van der Waals surface area (Å²) in [7, 11) is 0. The molecule has 0 nitrogen and oxygen atoms in total. The highest BCUT2D eigenvalue weighted by Gasteiger charge is 2.62. The van der Waals surface area contributed by atoms with Crippen molar-refractivity contribution in [2.45, 2.75) is 95.4 Å². The van der Waals surface area contributed by atoms with Crippen LogP contribution >= 0.6 is 0 Å². The first-order valence-corrected chi connectivity index (χ1v) is 8.62. The maximum absolute atomic E-state index is 2.52. The monoisotopic (exact) mass is 280 g/mol. The van der Waals surface area contributed by atoms with Crippen molar-refractivity contribution in [3.63, 3.8) is 0 Å². The summed E-state index contributed by atoms with van der Waals surface area (Å²) in [6.07, 6.45) is 4.07. The molecule has 0 aliphatic heterocycles. The molecule has 1 aliphatic carbocycles. The topological polar surface area (TPSA) is 0 Å². The van der Waals surface area contributed by atoms with Crippen LogP contribution in [0.5, 0.6) is 0 Å². The minimum Gasteiger partial charge on any atom is -0.0648 e. The molecule has 0 aromatic carbocycles. The van der Waals surface area contributed by atoms with E-state index in [1.165, 1.54) is 19.3 Å². The maximum Gasteiger partial charge on any atom is -0.0220 e. The second-order valence-corrected chi connectivity index (χ2v) is 10.6. The predicted molar refractivity (Wildman–Crippen MR) is 91.9 cm³/mol. The standard InChI is InChI=1S/C20H40/c1-12-19(10,16(2,3)4)13-15-14-20(11,17(5,6)7)18(15,8)9/h15H,12-14H2,1-11H3. The fourth-order valence-electron chi connectivity index (χ4n) is 4.46. The van der Waals surface area contributed by atoms with Crippen LogP contribution in [0.1, 0.15) is 95.4 Å². The third kappa shape index (κ3) is 2.46. The Morgan fingerprint density at radius 2 is 1.35 bits per heavy atom. The van der Waals surface area contributed by atoms with Crippen molar-refractivity contribution in [2.24, 2.45) is 33.0 Å². The summed E-state index contributed by atoms with van der Waals surface area (Å²) in [5.41, 5.74) is 2.17. The Hall–Kier alpha value is 0. The van der Waals surface area contributed by atoms with Gasteiger partial charge in [0.2, 0.25) is 0 Å². The van der Waals surface area contributed by atoms with Gasteiger partial charge in [-0.3, -0.25) is 0 Å². The zero-order valence-corrected chi connectivity index (χ0v) is 16.2. The zero-order chi connectivity index (χ0) is 16.2. The molecular weight excluding hydrogens is 240 g/mol.